The molecular formula is C4H17N3. The van der Waals surface area contributed by atoms with Crippen LogP contribution < -0.4 is 16.8 Å². The quantitative estimate of drug-likeness (QED) is 0.371. The summed E-state index contributed by atoms with van der Waals surface area (Å²) in [7, 11) is 6.75. The van der Waals surface area contributed by atoms with Gasteiger partial charge in [0.05, 0.1) is 0 Å². The number of nitrogens with one attached hydrogen (secondary N) is 1. The molecule has 0 aromatic rings. The molecule has 3 nitrogen and oxygen atoms in total. The van der Waals surface area contributed by atoms with Crippen LogP contribution in [0.15, 0.2) is 0 Å². The van der Waals surface area contributed by atoms with E-state index in [0.29, 0.717) is 0 Å². The highest BCUT2D eigenvalue weighted by atomic mass is 14.7. The van der Waals surface area contributed by atoms with Gasteiger partial charge in [0.25, 0.3) is 0 Å². The SMILES string of the molecule is CN.CN.CNC. The Labute approximate surface area is 46.1 Å². The molecule has 5 N–H and O–H groups in total. The fourth-order valence-corrected chi connectivity index (χ4v) is 0. The highest BCUT2D eigenvalue weighted by Crippen LogP contribution is 0.981. The first kappa shape index (κ1) is 15.8. The third kappa shape index (κ3) is 6150. The van der Waals surface area contributed by atoms with Gasteiger partial charge >= 0.3 is 0 Å². The second-order valence-corrected chi connectivity index (χ2v) is 0.500. The largest absolute Gasteiger partial charge is 0.333 e. The molecule has 0 radical (unpaired) electrons. The molecule has 0 bridgehead atoms. The molecule has 0 fully saturated rings. The molecule has 0 aliphatic heterocycles. The summed E-state index contributed by atoms with van der Waals surface area (Å²) in [5.41, 5.74) is 9.00. The Bertz CT molecular complexity index is 6.90. The van der Waals surface area contributed by atoms with Crippen molar-refractivity contribution in [2.75, 3.05) is 28.2 Å². The van der Waals surface area contributed by atoms with Crippen molar-refractivity contribution in [3.05, 3.63) is 0 Å². The third-order valence-electron chi connectivity index (χ3n) is 0. The molecule has 7 heavy (non-hydrogen) atoms. The lowest BCUT2D eigenvalue weighted by Gasteiger charge is -1.59. The molecule has 0 aliphatic rings. The van der Waals surface area contributed by atoms with E-state index in [1.807, 2.05) is 14.1 Å². The van der Waals surface area contributed by atoms with E-state index in [1.165, 1.54) is 14.1 Å². The maximum absolute atomic E-state index is 4.50. The summed E-state index contributed by atoms with van der Waals surface area (Å²) in [5, 5.41) is 2.75. The molecule has 0 aromatic heterocycles. The first-order valence-corrected chi connectivity index (χ1v) is 2.15. The van der Waals surface area contributed by atoms with Crippen molar-refractivity contribution in [1.29, 1.82) is 0 Å². The van der Waals surface area contributed by atoms with Crippen LogP contribution >= 0.6 is 0 Å². The van der Waals surface area contributed by atoms with Crippen molar-refractivity contribution in [3.8, 4) is 0 Å². The fraction of sp³-hybridized carbons (Fsp3) is 1.00. The molecule has 0 saturated carbocycles. The fourth-order valence-electron chi connectivity index (χ4n) is 0. The molecule has 0 spiro atoms. The summed E-state index contributed by atoms with van der Waals surface area (Å²) < 4.78 is 0. The molecule has 0 saturated heterocycles. The van der Waals surface area contributed by atoms with Gasteiger partial charge < -0.3 is 16.8 Å². The van der Waals surface area contributed by atoms with Crippen LogP contribution in [0.25, 0.3) is 0 Å². The van der Waals surface area contributed by atoms with Crippen molar-refractivity contribution in [1.82, 2.24) is 5.32 Å². The van der Waals surface area contributed by atoms with E-state index in [4.69, 9.17) is 0 Å². The van der Waals surface area contributed by atoms with Crippen LogP contribution in [0.3, 0.4) is 0 Å². The van der Waals surface area contributed by atoms with Crippen LogP contribution in [-0.4, -0.2) is 28.2 Å². The minimum absolute atomic E-state index is 1.50. The van der Waals surface area contributed by atoms with Crippen LogP contribution in [0, 0.1) is 0 Å². The molecule has 0 rings (SSSR count). The van der Waals surface area contributed by atoms with Gasteiger partial charge in [0, 0.05) is 0 Å². The van der Waals surface area contributed by atoms with Crippen molar-refractivity contribution in [2.45, 2.75) is 0 Å². The molecule has 0 atom stereocenters. The van der Waals surface area contributed by atoms with Gasteiger partial charge in [0.15, 0.2) is 0 Å². The molecule has 0 unspecified atom stereocenters. The van der Waals surface area contributed by atoms with E-state index >= 15 is 0 Å². The van der Waals surface area contributed by atoms with Gasteiger partial charge in [-0.2, -0.15) is 0 Å². The number of rotatable bonds is 0. The highest BCUT2D eigenvalue weighted by Gasteiger charge is 1.25. The average molecular weight is 107 g/mol. The van der Waals surface area contributed by atoms with Crippen LogP contribution in [0.2, 0.25) is 0 Å². The van der Waals surface area contributed by atoms with Gasteiger partial charge in [0.1, 0.15) is 0 Å². The Morgan fingerprint density at radius 2 is 0.857 bits per heavy atom. The highest BCUT2D eigenvalue weighted by molar-refractivity contribution is 3.91. The predicted octanol–water partition coefficient (Wildman–Crippen LogP) is -1.01. The van der Waals surface area contributed by atoms with Gasteiger partial charge in [0.2, 0.25) is 0 Å². The minimum Gasteiger partial charge on any atom is -0.333 e. The van der Waals surface area contributed by atoms with E-state index in [-0.39, 0.29) is 0 Å². The summed E-state index contributed by atoms with van der Waals surface area (Å²) in [4.78, 5) is 0. The summed E-state index contributed by atoms with van der Waals surface area (Å²) in [6.07, 6.45) is 0. The zero-order valence-corrected chi connectivity index (χ0v) is 5.65. The Hall–Kier alpha value is -0.120. The van der Waals surface area contributed by atoms with Crippen LogP contribution in [-0.2, 0) is 0 Å². The summed E-state index contributed by atoms with van der Waals surface area (Å²) in [6.45, 7) is 0. The zero-order valence-electron chi connectivity index (χ0n) is 5.65. The summed E-state index contributed by atoms with van der Waals surface area (Å²) in [5.74, 6) is 0. The number of nitrogens with two attached hydrogens (primary N) is 2. The minimum atomic E-state index is 1.50. The molecule has 48 valence electrons. The monoisotopic (exact) mass is 107 g/mol. The number of hydrogen-bond donors (Lipinski definition) is 3. The Kier molecular flexibility index (Phi) is 408. The zero-order chi connectivity index (χ0) is 6.71. The van der Waals surface area contributed by atoms with Crippen molar-refractivity contribution in [3.63, 3.8) is 0 Å². The smallest absolute Gasteiger partial charge is 0.0167 e. The second-order valence-electron chi connectivity index (χ2n) is 0.500. The van der Waals surface area contributed by atoms with Crippen LogP contribution in [0.1, 0.15) is 0 Å². The normalized spacial score (nSPS) is 4.29. The Balaban J connectivity index is -0.0000000360. The summed E-state index contributed by atoms with van der Waals surface area (Å²) in [6, 6.07) is 0. The van der Waals surface area contributed by atoms with Gasteiger partial charge in [-0.05, 0) is 28.2 Å². The maximum Gasteiger partial charge on any atom is -0.0167 e. The lowest BCUT2D eigenvalue weighted by molar-refractivity contribution is 1.02. The summed E-state index contributed by atoms with van der Waals surface area (Å²) >= 11 is 0. The predicted molar refractivity (Wildman–Crippen MR) is 35.2 cm³/mol. The lowest BCUT2D eigenvalue weighted by Crippen LogP contribution is -1.89. The molecule has 0 heterocycles. The number of hydrogen-bond acceptors (Lipinski definition) is 3. The molecule has 0 amide bonds. The molecular weight excluding hydrogens is 90.1 g/mol. The average Bonchev–Trinajstić information content (AvgIpc) is 1.78. The lowest BCUT2D eigenvalue weighted by atomic mass is 11.3. The van der Waals surface area contributed by atoms with Crippen molar-refractivity contribution in [2.24, 2.45) is 11.5 Å². The molecule has 0 aliphatic carbocycles. The topological polar surface area (TPSA) is 64.1 Å². The van der Waals surface area contributed by atoms with E-state index in [1.54, 1.807) is 0 Å². The first-order chi connectivity index (χ1) is 3.41. The van der Waals surface area contributed by atoms with Gasteiger partial charge in [-0.3, -0.25) is 0 Å². The van der Waals surface area contributed by atoms with E-state index < -0.39 is 0 Å². The first-order valence-electron chi connectivity index (χ1n) is 2.15. The van der Waals surface area contributed by atoms with Crippen LogP contribution in [0.5, 0.6) is 0 Å². The van der Waals surface area contributed by atoms with Gasteiger partial charge in [-0.15, -0.1) is 0 Å². The standard InChI is InChI=1S/C2H7N.2CH5N/c1-3-2;2*1-2/h3H,1-2H3;2*2H2,1H3. The third-order valence-corrected chi connectivity index (χ3v) is 0. The van der Waals surface area contributed by atoms with Gasteiger partial charge in [-0.1, -0.05) is 0 Å². The van der Waals surface area contributed by atoms with Crippen LogP contribution in [0.4, 0.5) is 0 Å². The Morgan fingerprint density at radius 3 is 0.857 bits per heavy atom. The van der Waals surface area contributed by atoms with E-state index in [2.05, 4.69) is 16.8 Å². The molecule has 3 heteroatoms. The van der Waals surface area contributed by atoms with E-state index in [0.717, 1.165) is 0 Å². The van der Waals surface area contributed by atoms with Crippen molar-refractivity contribution >= 4 is 0 Å². The molecule has 0 aromatic carbocycles. The van der Waals surface area contributed by atoms with Crippen molar-refractivity contribution < 1.29 is 0 Å². The van der Waals surface area contributed by atoms with E-state index in [9.17, 15) is 0 Å². The van der Waals surface area contributed by atoms with Gasteiger partial charge in [-0.25, -0.2) is 0 Å². The maximum atomic E-state index is 4.50. The second kappa shape index (κ2) is 181. The Morgan fingerprint density at radius 1 is 0.857 bits per heavy atom.